The number of fused-ring (bicyclic) bond motifs is 1. The average molecular weight is 269 g/mol. The van der Waals surface area contributed by atoms with Crippen LogP contribution in [0.3, 0.4) is 0 Å². The first kappa shape index (κ1) is 12.9. The van der Waals surface area contributed by atoms with Crippen molar-refractivity contribution in [1.29, 1.82) is 0 Å². The fraction of sp³-hybridized carbons (Fsp3) is 0.176. The lowest BCUT2D eigenvalue weighted by atomic mass is 9.96. The number of hydrogen-bond acceptors (Lipinski definition) is 2. The number of nitrogens with two attached hydrogens (primary N) is 1. The normalized spacial score (nSPS) is 12.8. The second-order valence-electron chi connectivity index (χ2n) is 4.82. The second-order valence-corrected chi connectivity index (χ2v) is 4.82. The van der Waals surface area contributed by atoms with Crippen LogP contribution in [0.5, 0.6) is 0 Å². The van der Waals surface area contributed by atoms with Gasteiger partial charge in [0.05, 0.1) is 6.04 Å². The van der Waals surface area contributed by atoms with Crippen LogP contribution >= 0.6 is 0 Å². The molecule has 3 heteroatoms. The first-order valence-electron chi connectivity index (χ1n) is 6.72. The van der Waals surface area contributed by atoms with Crippen LogP contribution in [-0.4, -0.2) is 0 Å². The van der Waals surface area contributed by atoms with Crippen LogP contribution in [0.4, 0.5) is 4.39 Å². The summed E-state index contributed by atoms with van der Waals surface area (Å²) in [7, 11) is 0. The smallest absolute Gasteiger partial charge is 0.134 e. The molecule has 0 saturated carbocycles. The highest BCUT2D eigenvalue weighted by Gasteiger charge is 2.20. The minimum Gasteiger partial charge on any atom is -0.461 e. The number of benzene rings is 2. The fourth-order valence-corrected chi connectivity index (χ4v) is 2.56. The van der Waals surface area contributed by atoms with E-state index in [0.29, 0.717) is 0 Å². The summed E-state index contributed by atoms with van der Waals surface area (Å²) in [6.07, 6.45) is 0.777. The third kappa shape index (κ3) is 2.10. The van der Waals surface area contributed by atoms with Gasteiger partial charge in [0.2, 0.25) is 0 Å². The van der Waals surface area contributed by atoms with Gasteiger partial charge in [-0.25, -0.2) is 4.39 Å². The largest absolute Gasteiger partial charge is 0.461 e. The van der Waals surface area contributed by atoms with Gasteiger partial charge in [-0.2, -0.15) is 0 Å². The van der Waals surface area contributed by atoms with E-state index in [9.17, 15) is 4.39 Å². The van der Waals surface area contributed by atoms with Gasteiger partial charge < -0.3 is 10.2 Å². The zero-order chi connectivity index (χ0) is 14.1. The molecule has 1 heterocycles. The molecule has 0 aliphatic carbocycles. The van der Waals surface area contributed by atoms with Gasteiger partial charge in [-0.3, -0.25) is 0 Å². The van der Waals surface area contributed by atoms with Gasteiger partial charge in [-0.1, -0.05) is 37.3 Å². The van der Waals surface area contributed by atoms with Crippen molar-refractivity contribution in [2.75, 3.05) is 0 Å². The molecule has 0 spiro atoms. The van der Waals surface area contributed by atoms with Crippen LogP contribution in [0, 0.1) is 5.82 Å². The summed E-state index contributed by atoms with van der Waals surface area (Å²) in [6, 6.07) is 13.9. The monoisotopic (exact) mass is 269 g/mol. The van der Waals surface area contributed by atoms with E-state index in [-0.39, 0.29) is 11.9 Å². The number of aryl methyl sites for hydroxylation is 1. The number of furan rings is 1. The highest BCUT2D eigenvalue weighted by molar-refractivity contribution is 5.83. The molecule has 3 rings (SSSR count). The molecule has 102 valence electrons. The Labute approximate surface area is 117 Å². The summed E-state index contributed by atoms with van der Waals surface area (Å²) in [5, 5.41) is 1.03. The molecule has 2 N–H and O–H groups in total. The van der Waals surface area contributed by atoms with Crippen LogP contribution in [0.2, 0.25) is 0 Å². The molecule has 0 radical (unpaired) electrons. The summed E-state index contributed by atoms with van der Waals surface area (Å²) in [6.45, 7) is 2.04. The third-order valence-corrected chi connectivity index (χ3v) is 3.57. The summed E-state index contributed by atoms with van der Waals surface area (Å²) < 4.78 is 18.9. The maximum Gasteiger partial charge on any atom is 0.134 e. The maximum absolute atomic E-state index is 13.0. The van der Waals surface area contributed by atoms with E-state index in [1.54, 1.807) is 12.1 Å². The molecule has 1 aromatic heterocycles. The standard InChI is InChI=1S/C17H16FNO/c1-2-14-16(13-5-3-4-6-15(13)20-14)17(19)11-7-9-12(18)10-8-11/h3-10,17H,2,19H2,1H3. The molecule has 2 aromatic carbocycles. The van der Waals surface area contributed by atoms with E-state index in [1.165, 1.54) is 12.1 Å². The van der Waals surface area contributed by atoms with Crippen molar-refractivity contribution in [3.8, 4) is 0 Å². The van der Waals surface area contributed by atoms with Gasteiger partial charge >= 0.3 is 0 Å². The van der Waals surface area contributed by atoms with Gasteiger partial charge in [0, 0.05) is 17.4 Å². The molecule has 0 bridgehead atoms. The molecule has 1 unspecified atom stereocenters. The Morgan fingerprint density at radius 3 is 2.50 bits per heavy atom. The Bertz CT molecular complexity index is 730. The zero-order valence-electron chi connectivity index (χ0n) is 11.3. The topological polar surface area (TPSA) is 39.2 Å². The van der Waals surface area contributed by atoms with Crippen molar-refractivity contribution >= 4 is 11.0 Å². The molecular weight excluding hydrogens is 253 g/mol. The predicted octanol–water partition coefficient (Wildman–Crippen LogP) is 4.18. The van der Waals surface area contributed by atoms with E-state index in [2.05, 4.69) is 0 Å². The summed E-state index contributed by atoms with van der Waals surface area (Å²) in [4.78, 5) is 0. The summed E-state index contributed by atoms with van der Waals surface area (Å²) in [5.41, 5.74) is 9.09. The fourth-order valence-electron chi connectivity index (χ4n) is 2.56. The summed E-state index contributed by atoms with van der Waals surface area (Å²) in [5.74, 6) is 0.636. The quantitative estimate of drug-likeness (QED) is 0.774. The van der Waals surface area contributed by atoms with Gasteiger partial charge in [0.1, 0.15) is 17.2 Å². The minimum atomic E-state index is -0.311. The molecule has 0 fully saturated rings. The van der Waals surface area contributed by atoms with E-state index in [0.717, 1.165) is 34.3 Å². The lowest BCUT2D eigenvalue weighted by molar-refractivity contribution is 0.546. The SMILES string of the molecule is CCc1oc2ccccc2c1C(N)c1ccc(F)cc1. The van der Waals surface area contributed by atoms with Crippen molar-refractivity contribution in [2.24, 2.45) is 5.73 Å². The predicted molar refractivity (Wildman–Crippen MR) is 78.0 cm³/mol. The molecule has 0 aliphatic heterocycles. The van der Waals surface area contributed by atoms with Crippen LogP contribution in [0.1, 0.15) is 29.9 Å². The number of rotatable bonds is 3. The first-order valence-corrected chi connectivity index (χ1v) is 6.72. The van der Waals surface area contributed by atoms with E-state index < -0.39 is 0 Å². The Morgan fingerprint density at radius 1 is 1.10 bits per heavy atom. The third-order valence-electron chi connectivity index (χ3n) is 3.57. The van der Waals surface area contributed by atoms with Crippen LogP contribution < -0.4 is 5.73 Å². The van der Waals surface area contributed by atoms with Crippen molar-refractivity contribution in [1.82, 2.24) is 0 Å². The molecule has 0 saturated heterocycles. The first-order chi connectivity index (χ1) is 9.70. The van der Waals surface area contributed by atoms with E-state index >= 15 is 0 Å². The summed E-state index contributed by atoms with van der Waals surface area (Å²) >= 11 is 0. The molecule has 20 heavy (non-hydrogen) atoms. The Balaban J connectivity index is 2.15. The lowest BCUT2D eigenvalue weighted by Gasteiger charge is -2.12. The zero-order valence-corrected chi connectivity index (χ0v) is 11.3. The Hall–Kier alpha value is -2.13. The van der Waals surface area contributed by atoms with Crippen LogP contribution in [0.15, 0.2) is 52.9 Å². The van der Waals surface area contributed by atoms with E-state index in [1.807, 2.05) is 31.2 Å². The van der Waals surface area contributed by atoms with Gasteiger partial charge in [-0.15, -0.1) is 0 Å². The van der Waals surface area contributed by atoms with Crippen LogP contribution in [0.25, 0.3) is 11.0 Å². The van der Waals surface area contributed by atoms with Crippen molar-refractivity contribution in [3.63, 3.8) is 0 Å². The molecule has 0 amide bonds. The average Bonchev–Trinajstić information content (AvgIpc) is 2.85. The number of hydrogen-bond donors (Lipinski definition) is 1. The van der Waals surface area contributed by atoms with Gasteiger partial charge in [0.15, 0.2) is 0 Å². The molecule has 2 nitrogen and oxygen atoms in total. The minimum absolute atomic E-state index is 0.256. The second kappa shape index (κ2) is 5.10. The molecular formula is C17H16FNO. The van der Waals surface area contributed by atoms with Gasteiger partial charge in [0.25, 0.3) is 0 Å². The van der Waals surface area contributed by atoms with Crippen molar-refractivity contribution in [2.45, 2.75) is 19.4 Å². The molecule has 0 aliphatic rings. The highest BCUT2D eigenvalue weighted by Crippen LogP contribution is 2.33. The number of para-hydroxylation sites is 1. The number of halogens is 1. The van der Waals surface area contributed by atoms with Crippen LogP contribution in [-0.2, 0) is 6.42 Å². The van der Waals surface area contributed by atoms with Gasteiger partial charge in [-0.05, 0) is 23.8 Å². The Kier molecular flexibility index (Phi) is 3.28. The van der Waals surface area contributed by atoms with Crippen molar-refractivity contribution < 1.29 is 8.81 Å². The van der Waals surface area contributed by atoms with Crippen molar-refractivity contribution in [3.05, 3.63) is 71.2 Å². The molecule has 3 aromatic rings. The Morgan fingerprint density at radius 2 is 1.80 bits per heavy atom. The lowest BCUT2D eigenvalue weighted by Crippen LogP contribution is -2.13. The maximum atomic E-state index is 13.0. The molecule has 1 atom stereocenters. The highest BCUT2D eigenvalue weighted by atomic mass is 19.1. The van der Waals surface area contributed by atoms with E-state index in [4.69, 9.17) is 10.2 Å².